The van der Waals surface area contributed by atoms with Crippen LogP contribution in [-0.4, -0.2) is 0 Å². The van der Waals surface area contributed by atoms with E-state index in [1.807, 2.05) is 12.1 Å². The van der Waals surface area contributed by atoms with Crippen LogP contribution < -0.4 is 4.90 Å². The summed E-state index contributed by atoms with van der Waals surface area (Å²) in [5.41, 5.74) is 15.0. The minimum Gasteiger partial charge on any atom is -0.456 e. The van der Waals surface area contributed by atoms with Gasteiger partial charge in [0.25, 0.3) is 0 Å². The molecule has 0 radical (unpaired) electrons. The number of hydrogen-bond donors (Lipinski definition) is 0. The van der Waals surface area contributed by atoms with Crippen LogP contribution in [0.15, 0.2) is 191 Å². The van der Waals surface area contributed by atoms with E-state index in [1.165, 1.54) is 38.9 Å². The summed E-state index contributed by atoms with van der Waals surface area (Å²) in [7, 11) is 0. The van der Waals surface area contributed by atoms with Gasteiger partial charge in [0, 0.05) is 27.3 Å². The maximum absolute atomic E-state index is 7.04. The van der Waals surface area contributed by atoms with Crippen molar-refractivity contribution >= 4 is 60.9 Å². The molecule has 0 saturated heterocycles. The third kappa shape index (κ3) is 4.34. The molecule has 10 aromatic rings. The Balaban J connectivity index is 1.13. The van der Waals surface area contributed by atoms with E-state index in [0.717, 1.165) is 60.9 Å². The molecule has 0 amide bonds. The lowest BCUT2D eigenvalue weighted by Gasteiger charge is -2.28. The molecule has 0 saturated carbocycles. The molecule has 0 unspecified atom stereocenters. The summed E-state index contributed by atoms with van der Waals surface area (Å²) in [4.78, 5) is 2.33. The van der Waals surface area contributed by atoms with E-state index in [-0.39, 0.29) is 5.41 Å². The zero-order valence-corrected chi connectivity index (χ0v) is 29.1. The molecular formula is C50H33NO2. The van der Waals surface area contributed by atoms with E-state index in [2.05, 4.69) is 182 Å². The number of hydrogen-bond acceptors (Lipinski definition) is 3. The molecule has 0 bridgehead atoms. The van der Waals surface area contributed by atoms with Gasteiger partial charge >= 0.3 is 0 Å². The number of para-hydroxylation sites is 2. The predicted molar refractivity (Wildman–Crippen MR) is 219 cm³/mol. The summed E-state index contributed by atoms with van der Waals surface area (Å²) in [6, 6.07) is 64.9. The average Bonchev–Trinajstić information content (AvgIpc) is 3.88. The SMILES string of the molecule is CC1(c2ccc3c(c2)oc2c(N(c4ccc(-c5ccccc5)cc4)c4cccc5oc6ccccc6c45)cccc23)c2ccccc2-c2ccccc21. The smallest absolute Gasteiger partial charge is 0.159 e. The van der Waals surface area contributed by atoms with Crippen molar-refractivity contribution in [3.63, 3.8) is 0 Å². The van der Waals surface area contributed by atoms with E-state index in [0.29, 0.717) is 0 Å². The van der Waals surface area contributed by atoms with Gasteiger partial charge in [0.05, 0.1) is 16.8 Å². The number of fused-ring (bicyclic) bond motifs is 9. The van der Waals surface area contributed by atoms with E-state index in [9.17, 15) is 0 Å². The van der Waals surface area contributed by atoms with Crippen molar-refractivity contribution in [2.45, 2.75) is 12.3 Å². The highest BCUT2D eigenvalue weighted by molar-refractivity contribution is 6.16. The summed E-state index contributed by atoms with van der Waals surface area (Å²) in [5, 5.41) is 4.32. The normalized spacial score (nSPS) is 13.2. The van der Waals surface area contributed by atoms with Gasteiger partial charge in [-0.25, -0.2) is 0 Å². The number of furan rings is 2. The molecule has 11 rings (SSSR count). The fourth-order valence-corrected chi connectivity index (χ4v) is 8.82. The Morgan fingerprint density at radius 1 is 0.434 bits per heavy atom. The summed E-state index contributed by atoms with van der Waals surface area (Å²) in [5.74, 6) is 0. The Kier molecular flexibility index (Phi) is 6.38. The number of anilines is 3. The van der Waals surface area contributed by atoms with Crippen LogP contribution >= 0.6 is 0 Å². The van der Waals surface area contributed by atoms with Gasteiger partial charge in [-0.3, -0.25) is 0 Å². The molecule has 53 heavy (non-hydrogen) atoms. The van der Waals surface area contributed by atoms with Gasteiger partial charge < -0.3 is 13.7 Å². The third-order valence-corrected chi connectivity index (χ3v) is 11.4. The summed E-state index contributed by atoms with van der Waals surface area (Å²) < 4.78 is 13.4. The van der Waals surface area contributed by atoms with Crippen LogP contribution in [0.25, 0.3) is 66.1 Å². The van der Waals surface area contributed by atoms with Crippen LogP contribution in [0.4, 0.5) is 17.1 Å². The second-order valence-electron chi connectivity index (χ2n) is 14.2. The highest BCUT2D eigenvalue weighted by atomic mass is 16.3. The molecule has 2 heterocycles. The monoisotopic (exact) mass is 679 g/mol. The van der Waals surface area contributed by atoms with Gasteiger partial charge in [-0.05, 0) is 88.3 Å². The number of benzene rings is 8. The van der Waals surface area contributed by atoms with Gasteiger partial charge in [0.1, 0.15) is 16.7 Å². The molecule has 3 heteroatoms. The van der Waals surface area contributed by atoms with Gasteiger partial charge in [-0.1, -0.05) is 140 Å². The predicted octanol–water partition coefficient (Wildman–Crippen LogP) is 14.0. The highest BCUT2D eigenvalue weighted by Crippen LogP contribution is 2.53. The first-order chi connectivity index (χ1) is 26.2. The molecule has 0 spiro atoms. The first kappa shape index (κ1) is 29.8. The zero-order chi connectivity index (χ0) is 35.1. The van der Waals surface area contributed by atoms with Crippen LogP contribution in [0, 0.1) is 0 Å². The van der Waals surface area contributed by atoms with Crippen LogP contribution in [0.1, 0.15) is 23.6 Å². The second kappa shape index (κ2) is 11.3. The van der Waals surface area contributed by atoms with E-state index < -0.39 is 0 Å². The van der Waals surface area contributed by atoms with Crippen LogP contribution in [0.2, 0.25) is 0 Å². The number of nitrogens with zero attached hydrogens (tertiary/aromatic N) is 1. The third-order valence-electron chi connectivity index (χ3n) is 11.4. The molecule has 0 N–H and O–H groups in total. The molecule has 2 aromatic heterocycles. The summed E-state index contributed by atoms with van der Waals surface area (Å²) in [6.07, 6.45) is 0. The maximum atomic E-state index is 7.04. The Morgan fingerprint density at radius 3 is 1.85 bits per heavy atom. The Labute approximate surface area is 307 Å². The average molecular weight is 680 g/mol. The molecule has 1 aliphatic carbocycles. The molecular weight excluding hydrogens is 647 g/mol. The molecule has 250 valence electrons. The fraction of sp³-hybridized carbons (Fsp3) is 0.0400. The van der Waals surface area contributed by atoms with E-state index >= 15 is 0 Å². The summed E-state index contributed by atoms with van der Waals surface area (Å²) >= 11 is 0. The molecule has 8 aromatic carbocycles. The number of rotatable bonds is 5. The van der Waals surface area contributed by atoms with Crippen LogP contribution in [-0.2, 0) is 5.41 Å². The summed E-state index contributed by atoms with van der Waals surface area (Å²) in [6.45, 7) is 2.35. The zero-order valence-electron chi connectivity index (χ0n) is 29.1. The molecule has 0 fully saturated rings. The fourth-order valence-electron chi connectivity index (χ4n) is 8.82. The van der Waals surface area contributed by atoms with E-state index in [4.69, 9.17) is 8.83 Å². The Morgan fingerprint density at radius 2 is 1.06 bits per heavy atom. The molecule has 3 nitrogen and oxygen atoms in total. The minimum absolute atomic E-state index is 0.312. The molecule has 1 aliphatic rings. The molecule has 0 atom stereocenters. The first-order valence-electron chi connectivity index (χ1n) is 18.2. The van der Waals surface area contributed by atoms with Crippen molar-refractivity contribution < 1.29 is 8.83 Å². The van der Waals surface area contributed by atoms with Crippen molar-refractivity contribution in [2.24, 2.45) is 0 Å². The minimum atomic E-state index is -0.312. The van der Waals surface area contributed by atoms with Crippen molar-refractivity contribution in [3.8, 4) is 22.3 Å². The van der Waals surface area contributed by atoms with Crippen molar-refractivity contribution in [1.82, 2.24) is 0 Å². The quantitative estimate of drug-likeness (QED) is 0.181. The standard InChI is InChI=1S/C50H33NO2/c1-50(41-19-8-5-15-36(41)37-16-6-9-20-42(37)50)34-27-30-38-39-18-11-22-44(49(39)53-47(38)31-34)51(35-28-25-33(26-29-35)32-13-3-2-4-14-32)43-21-12-24-46-48(43)40-17-7-10-23-45(40)52-46/h2-31H,1H3. The topological polar surface area (TPSA) is 29.5 Å². The van der Waals surface area contributed by atoms with Crippen LogP contribution in [0.3, 0.4) is 0 Å². The van der Waals surface area contributed by atoms with E-state index in [1.54, 1.807) is 0 Å². The first-order valence-corrected chi connectivity index (χ1v) is 18.2. The van der Waals surface area contributed by atoms with Gasteiger partial charge in [-0.2, -0.15) is 0 Å². The largest absolute Gasteiger partial charge is 0.456 e. The lowest BCUT2D eigenvalue weighted by molar-refractivity contribution is 0.662. The second-order valence-corrected chi connectivity index (χ2v) is 14.2. The van der Waals surface area contributed by atoms with Crippen molar-refractivity contribution in [2.75, 3.05) is 4.90 Å². The van der Waals surface area contributed by atoms with Gasteiger partial charge in [0.15, 0.2) is 5.58 Å². The highest BCUT2D eigenvalue weighted by Gasteiger charge is 2.40. The maximum Gasteiger partial charge on any atom is 0.159 e. The Hall–Kier alpha value is -6.84. The lowest BCUT2D eigenvalue weighted by Crippen LogP contribution is -2.22. The van der Waals surface area contributed by atoms with Gasteiger partial charge in [0.2, 0.25) is 0 Å². The van der Waals surface area contributed by atoms with Crippen LogP contribution in [0.5, 0.6) is 0 Å². The lowest BCUT2D eigenvalue weighted by atomic mass is 9.74. The van der Waals surface area contributed by atoms with Gasteiger partial charge in [-0.15, -0.1) is 0 Å². The van der Waals surface area contributed by atoms with Crippen molar-refractivity contribution in [3.05, 3.63) is 199 Å². The van der Waals surface area contributed by atoms with Crippen molar-refractivity contribution in [1.29, 1.82) is 0 Å². The Bertz CT molecular complexity index is 2980. The molecule has 0 aliphatic heterocycles.